The maximum absolute atomic E-state index is 13.3. The second-order valence-electron chi connectivity index (χ2n) is 8.37. The topological polar surface area (TPSA) is 70.2 Å². The number of fused-ring (bicyclic) bond motifs is 2. The fourth-order valence-electron chi connectivity index (χ4n) is 4.44. The van der Waals surface area contributed by atoms with Gasteiger partial charge >= 0.3 is 0 Å². The number of nitrogens with one attached hydrogen (secondary N) is 2. The van der Waals surface area contributed by atoms with Gasteiger partial charge in [-0.15, -0.1) is 0 Å². The van der Waals surface area contributed by atoms with Crippen LogP contribution >= 0.6 is 0 Å². The van der Waals surface area contributed by atoms with Gasteiger partial charge in [-0.2, -0.15) is 0 Å². The second kappa shape index (κ2) is 10.6. The molecule has 0 atom stereocenters. The molecular weight excluding hydrogens is 398 g/mol. The van der Waals surface area contributed by atoms with E-state index in [1.54, 1.807) is 0 Å². The van der Waals surface area contributed by atoms with Crippen LogP contribution in [-0.4, -0.2) is 47.0 Å². The van der Waals surface area contributed by atoms with Crippen LogP contribution in [0.1, 0.15) is 37.2 Å². The van der Waals surface area contributed by atoms with Crippen LogP contribution in [0.3, 0.4) is 0 Å². The van der Waals surface area contributed by atoms with Crippen molar-refractivity contribution < 1.29 is 4.79 Å². The monoisotopic (exact) mass is 431 g/mol. The molecule has 32 heavy (non-hydrogen) atoms. The van der Waals surface area contributed by atoms with Gasteiger partial charge in [0.1, 0.15) is 5.82 Å². The van der Waals surface area contributed by atoms with Gasteiger partial charge in [0.15, 0.2) is 5.82 Å². The van der Waals surface area contributed by atoms with Gasteiger partial charge < -0.3 is 15.5 Å². The summed E-state index contributed by atoms with van der Waals surface area (Å²) >= 11 is 0. The van der Waals surface area contributed by atoms with E-state index in [0.717, 1.165) is 55.6 Å². The number of hydrogen-bond acceptors (Lipinski definition) is 5. The molecule has 0 saturated carbocycles. The van der Waals surface area contributed by atoms with Crippen LogP contribution < -0.4 is 10.6 Å². The molecule has 168 valence electrons. The van der Waals surface area contributed by atoms with Gasteiger partial charge in [0.05, 0.1) is 12.1 Å². The lowest BCUT2D eigenvalue weighted by atomic mass is 10.0. The molecule has 1 aliphatic carbocycles. The molecule has 0 unspecified atom stereocenters. The lowest BCUT2D eigenvalue weighted by molar-refractivity contribution is -0.135. The number of anilines is 1. The predicted octanol–water partition coefficient (Wildman–Crippen LogP) is 3.80. The molecule has 6 heteroatoms. The minimum Gasteiger partial charge on any atom is -0.369 e. The molecule has 2 N–H and O–H groups in total. The van der Waals surface area contributed by atoms with Gasteiger partial charge in [0, 0.05) is 24.4 Å². The summed E-state index contributed by atoms with van der Waals surface area (Å²) in [5, 5.41) is 7.84. The molecule has 3 aromatic rings. The van der Waals surface area contributed by atoms with E-state index in [-0.39, 0.29) is 11.8 Å². The van der Waals surface area contributed by atoms with Gasteiger partial charge in [-0.25, -0.2) is 9.97 Å². The Balaban J connectivity index is 1.49. The van der Waals surface area contributed by atoms with Gasteiger partial charge in [-0.1, -0.05) is 43.3 Å². The van der Waals surface area contributed by atoms with Gasteiger partial charge in [-0.3, -0.25) is 4.79 Å². The normalized spacial score (nSPS) is 13.3. The third kappa shape index (κ3) is 5.07. The van der Waals surface area contributed by atoms with Crippen LogP contribution in [0.25, 0.3) is 10.9 Å². The molecule has 0 aliphatic heterocycles. The SMILES string of the molecule is CCNCCCNc1nc(CN(CC)C(=O)C2Cc3ccccc3C2)nc2ccccc12. The number of para-hydroxylation sites is 1. The zero-order chi connectivity index (χ0) is 22.3. The summed E-state index contributed by atoms with van der Waals surface area (Å²) in [6.45, 7) is 8.01. The molecule has 0 saturated heterocycles. The number of rotatable bonds is 10. The molecule has 0 spiro atoms. The third-order valence-corrected chi connectivity index (χ3v) is 6.15. The van der Waals surface area contributed by atoms with Crippen molar-refractivity contribution >= 4 is 22.6 Å². The van der Waals surface area contributed by atoms with Gasteiger partial charge in [0.25, 0.3) is 0 Å². The molecule has 0 radical (unpaired) electrons. The van der Waals surface area contributed by atoms with Crippen molar-refractivity contribution in [2.24, 2.45) is 5.92 Å². The number of carbonyl (C=O) groups is 1. The first-order chi connectivity index (χ1) is 15.7. The van der Waals surface area contributed by atoms with Gasteiger partial charge in [0.2, 0.25) is 5.91 Å². The van der Waals surface area contributed by atoms with Crippen molar-refractivity contribution in [1.29, 1.82) is 0 Å². The van der Waals surface area contributed by atoms with Crippen LogP contribution in [0.4, 0.5) is 5.82 Å². The minimum atomic E-state index is 0.0106. The highest BCUT2D eigenvalue weighted by Crippen LogP contribution is 2.28. The van der Waals surface area contributed by atoms with Crippen molar-refractivity contribution in [2.45, 2.75) is 39.7 Å². The fourth-order valence-corrected chi connectivity index (χ4v) is 4.44. The number of amides is 1. The smallest absolute Gasteiger partial charge is 0.226 e. The Morgan fingerprint density at radius 3 is 2.44 bits per heavy atom. The standard InChI is InChI=1S/C26H33N5O/c1-3-27-14-9-15-28-25-22-12-7-8-13-23(22)29-24(30-25)18-31(4-2)26(32)21-16-19-10-5-6-11-20(19)17-21/h5-8,10-13,21,27H,3-4,9,14-18H2,1-2H3,(H,28,29,30). The Morgan fingerprint density at radius 2 is 1.72 bits per heavy atom. The summed E-state index contributed by atoms with van der Waals surface area (Å²) in [6, 6.07) is 16.4. The summed E-state index contributed by atoms with van der Waals surface area (Å²) in [7, 11) is 0. The summed E-state index contributed by atoms with van der Waals surface area (Å²) < 4.78 is 0. The molecule has 4 rings (SSSR count). The van der Waals surface area contributed by atoms with E-state index in [0.29, 0.717) is 18.9 Å². The van der Waals surface area contributed by atoms with Crippen LogP contribution in [0.2, 0.25) is 0 Å². The quantitative estimate of drug-likeness (QED) is 0.478. The summed E-state index contributed by atoms with van der Waals surface area (Å²) in [4.78, 5) is 24.8. The molecule has 1 aromatic heterocycles. The van der Waals surface area contributed by atoms with Crippen LogP contribution in [-0.2, 0) is 24.2 Å². The van der Waals surface area contributed by atoms with Crippen LogP contribution in [0, 0.1) is 5.92 Å². The zero-order valence-electron chi connectivity index (χ0n) is 19.1. The first kappa shape index (κ1) is 22.2. The first-order valence-corrected chi connectivity index (χ1v) is 11.8. The molecule has 1 aliphatic rings. The molecule has 1 amide bonds. The highest BCUT2D eigenvalue weighted by molar-refractivity contribution is 5.89. The van der Waals surface area contributed by atoms with Crippen molar-refractivity contribution in [2.75, 3.05) is 31.5 Å². The lowest BCUT2D eigenvalue weighted by Crippen LogP contribution is -2.36. The summed E-state index contributed by atoms with van der Waals surface area (Å²) in [5.74, 6) is 1.74. The van der Waals surface area contributed by atoms with E-state index in [4.69, 9.17) is 9.97 Å². The number of carbonyl (C=O) groups excluding carboxylic acids is 1. The third-order valence-electron chi connectivity index (χ3n) is 6.15. The van der Waals surface area contributed by atoms with Crippen molar-refractivity contribution in [1.82, 2.24) is 20.2 Å². The zero-order valence-corrected chi connectivity index (χ0v) is 19.1. The minimum absolute atomic E-state index is 0.0106. The Hall–Kier alpha value is -2.99. The maximum Gasteiger partial charge on any atom is 0.226 e. The van der Waals surface area contributed by atoms with Crippen molar-refractivity contribution in [3.8, 4) is 0 Å². The summed E-state index contributed by atoms with van der Waals surface area (Å²) in [5.41, 5.74) is 3.50. The Bertz CT molecular complexity index is 1040. The summed E-state index contributed by atoms with van der Waals surface area (Å²) in [6.07, 6.45) is 2.66. The van der Waals surface area contributed by atoms with Crippen molar-refractivity contribution in [3.63, 3.8) is 0 Å². The molecular formula is C26H33N5O. The second-order valence-corrected chi connectivity index (χ2v) is 8.37. The number of nitrogens with zero attached hydrogens (tertiary/aromatic N) is 3. The van der Waals surface area contributed by atoms with Crippen LogP contribution in [0.5, 0.6) is 0 Å². The van der Waals surface area contributed by atoms with Crippen molar-refractivity contribution in [3.05, 3.63) is 65.5 Å². The lowest BCUT2D eigenvalue weighted by Gasteiger charge is -2.24. The molecule has 0 fully saturated rings. The molecule has 6 nitrogen and oxygen atoms in total. The Labute approximate surface area is 190 Å². The van der Waals surface area contributed by atoms with Crippen LogP contribution in [0.15, 0.2) is 48.5 Å². The van der Waals surface area contributed by atoms with E-state index in [9.17, 15) is 4.79 Å². The largest absolute Gasteiger partial charge is 0.369 e. The highest BCUT2D eigenvalue weighted by atomic mass is 16.2. The van der Waals surface area contributed by atoms with Gasteiger partial charge in [-0.05, 0) is 62.5 Å². The average molecular weight is 432 g/mol. The van der Waals surface area contributed by atoms with E-state index in [1.165, 1.54) is 11.1 Å². The Kier molecular flexibility index (Phi) is 7.32. The number of aromatic nitrogens is 2. The number of benzene rings is 2. The average Bonchev–Trinajstić information content (AvgIpc) is 3.26. The van der Waals surface area contributed by atoms with E-state index in [1.807, 2.05) is 36.1 Å². The first-order valence-electron chi connectivity index (χ1n) is 11.8. The van der Waals surface area contributed by atoms with E-state index >= 15 is 0 Å². The number of hydrogen-bond donors (Lipinski definition) is 2. The molecule has 1 heterocycles. The molecule has 2 aromatic carbocycles. The molecule has 0 bridgehead atoms. The van der Waals surface area contributed by atoms with E-state index < -0.39 is 0 Å². The van der Waals surface area contributed by atoms with E-state index in [2.05, 4.69) is 41.8 Å². The predicted molar refractivity (Wildman–Crippen MR) is 130 cm³/mol. The maximum atomic E-state index is 13.3. The fraction of sp³-hybridized carbons (Fsp3) is 0.423. The highest BCUT2D eigenvalue weighted by Gasteiger charge is 2.30. The Morgan fingerprint density at radius 1 is 1.00 bits per heavy atom.